The molecule has 158 valence electrons. The minimum atomic E-state index is -1.06. The number of carbonyl (C=O) groups is 2. The number of halogens is 1. The normalized spacial score (nSPS) is 15.1. The Morgan fingerprint density at radius 2 is 2.07 bits per heavy atom. The Bertz CT molecular complexity index is 1120. The number of aryl methyl sites for hydroxylation is 1. The van der Waals surface area contributed by atoms with Crippen molar-refractivity contribution in [1.29, 1.82) is 0 Å². The number of Topliss-reactive ketones (excluding diaryl/α,β-unsaturated/α-hetero) is 1. The minimum absolute atomic E-state index is 0.00583. The molecule has 1 saturated heterocycles. The number of aromatic amines is 1. The zero-order chi connectivity index (χ0) is 21.4. The van der Waals surface area contributed by atoms with Crippen molar-refractivity contribution in [3.8, 4) is 0 Å². The summed E-state index contributed by atoms with van der Waals surface area (Å²) in [6.07, 6.45) is 2.29. The molecule has 2 N–H and O–H groups in total. The summed E-state index contributed by atoms with van der Waals surface area (Å²) in [7, 11) is 0. The Balaban J connectivity index is 1.72. The highest BCUT2D eigenvalue weighted by Crippen LogP contribution is 2.38. The fourth-order valence-electron chi connectivity index (χ4n) is 3.57. The van der Waals surface area contributed by atoms with Crippen molar-refractivity contribution < 1.29 is 14.7 Å². The van der Waals surface area contributed by atoms with E-state index >= 15 is 0 Å². The highest BCUT2D eigenvalue weighted by molar-refractivity contribution is 8.00. The number of piperidine rings is 1. The molecule has 1 aliphatic heterocycles. The molecule has 0 aromatic carbocycles. The van der Waals surface area contributed by atoms with Crippen molar-refractivity contribution >= 4 is 63.3 Å². The molecule has 3 aromatic rings. The lowest BCUT2D eigenvalue weighted by Gasteiger charge is -2.32. The van der Waals surface area contributed by atoms with Crippen LogP contribution in [0.5, 0.6) is 0 Å². The average molecular weight is 466 g/mol. The lowest BCUT2D eigenvalue weighted by Crippen LogP contribution is -2.36. The van der Waals surface area contributed by atoms with Gasteiger partial charge in [0.15, 0.2) is 15.2 Å². The summed E-state index contributed by atoms with van der Waals surface area (Å²) in [5.41, 5.74) is 1.55. The monoisotopic (exact) mass is 465 g/mol. The smallest absolute Gasteiger partial charge is 0.355 e. The van der Waals surface area contributed by atoms with Gasteiger partial charge in [-0.15, -0.1) is 11.3 Å². The number of carboxylic acids is 1. The number of ketones is 1. The number of fused-ring (bicyclic) bond motifs is 1. The van der Waals surface area contributed by atoms with Gasteiger partial charge in [0.05, 0.1) is 10.4 Å². The van der Waals surface area contributed by atoms with E-state index in [1.165, 1.54) is 28.5 Å². The van der Waals surface area contributed by atoms with Crippen LogP contribution in [0.25, 0.3) is 11.0 Å². The molecule has 0 spiro atoms. The van der Waals surface area contributed by atoms with E-state index in [-0.39, 0.29) is 17.4 Å². The molecule has 0 amide bonds. The largest absolute Gasteiger partial charge is 0.476 e. The molecule has 3 aromatic heterocycles. The van der Waals surface area contributed by atoms with Crippen LogP contribution < -0.4 is 4.90 Å². The highest BCUT2D eigenvalue weighted by atomic mass is 35.5. The third-order valence-electron chi connectivity index (χ3n) is 5.23. The van der Waals surface area contributed by atoms with Gasteiger partial charge in [0.2, 0.25) is 0 Å². The molecule has 8 nitrogen and oxygen atoms in total. The number of carboxylic acid groups (broad SMARTS) is 1. The second kappa shape index (κ2) is 8.52. The van der Waals surface area contributed by atoms with E-state index in [4.69, 9.17) is 21.7 Å². The molecule has 1 aliphatic rings. The van der Waals surface area contributed by atoms with Crippen LogP contribution in [-0.2, 0) is 11.2 Å². The standard InChI is InChI=1S/C19H20ClN5O3S2/c1-3-11-14(20)13-15(21-11)23-18(30-19-22-12(8-29-19)17(27)28)24-16(13)25-6-4-10(5-7-25)9(2)26/h8,10H,3-7H2,1-2H3,(H,27,28)(H,21,23,24). The van der Waals surface area contributed by atoms with Crippen LogP contribution in [0.15, 0.2) is 14.9 Å². The third kappa shape index (κ3) is 4.03. The van der Waals surface area contributed by atoms with Crippen LogP contribution in [0.3, 0.4) is 0 Å². The van der Waals surface area contributed by atoms with E-state index in [9.17, 15) is 9.59 Å². The summed E-state index contributed by atoms with van der Waals surface area (Å²) in [5, 5.41) is 12.5. The molecular formula is C19H20ClN5O3S2. The molecule has 0 radical (unpaired) electrons. The van der Waals surface area contributed by atoms with E-state index < -0.39 is 5.97 Å². The zero-order valence-electron chi connectivity index (χ0n) is 16.4. The lowest BCUT2D eigenvalue weighted by atomic mass is 9.93. The lowest BCUT2D eigenvalue weighted by molar-refractivity contribution is -0.121. The number of hydrogen-bond acceptors (Lipinski definition) is 8. The number of carbonyl (C=O) groups excluding carboxylic acids is 1. The van der Waals surface area contributed by atoms with Gasteiger partial charge in [-0.1, -0.05) is 18.5 Å². The number of nitrogens with zero attached hydrogens (tertiary/aromatic N) is 4. The number of rotatable bonds is 6. The number of nitrogens with one attached hydrogen (secondary N) is 1. The first-order valence-corrected chi connectivity index (χ1v) is 11.6. The summed E-state index contributed by atoms with van der Waals surface area (Å²) in [6.45, 7) is 5.09. The van der Waals surface area contributed by atoms with E-state index in [1.807, 2.05) is 6.92 Å². The molecule has 11 heteroatoms. The Morgan fingerprint density at radius 3 is 2.67 bits per heavy atom. The molecule has 4 rings (SSSR count). The van der Waals surface area contributed by atoms with Gasteiger partial charge in [0.1, 0.15) is 17.2 Å². The molecule has 30 heavy (non-hydrogen) atoms. The third-order valence-corrected chi connectivity index (χ3v) is 7.45. The summed E-state index contributed by atoms with van der Waals surface area (Å²) in [4.78, 5) is 41.7. The van der Waals surface area contributed by atoms with Crippen molar-refractivity contribution in [3.63, 3.8) is 0 Å². The number of aromatic carboxylic acids is 1. The molecular weight excluding hydrogens is 446 g/mol. The topological polar surface area (TPSA) is 112 Å². The maximum Gasteiger partial charge on any atom is 0.355 e. The van der Waals surface area contributed by atoms with Crippen molar-refractivity contribution in [2.45, 2.75) is 42.6 Å². The van der Waals surface area contributed by atoms with Crippen LogP contribution in [0, 0.1) is 5.92 Å². The minimum Gasteiger partial charge on any atom is -0.476 e. The molecule has 0 saturated carbocycles. The van der Waals surface area contributed by atoms with Crippen molar-refractivity contribution in [2.24, 2.45) is 5.92 Å². The van der Waals surface area contributed by atoms with Crippen LogP contribution in [0.2, 0.25) is 5.02 Å². The molecule has 0 unspecified atom stereocenters. The van der Waals surface area contributed by atoms with Gasteiger partial charge in [0, 0.05) is 30.1 Å². The Morgan fingerprint density at radius 1 is 1.33 bits per heavy atom. The van der Waals surface area contributed by atoms with Crippen LogP contribution in [-0.4, -0.2) is 49.9 Å². The second-order valence-electron chi connectivity index (χ2n) is 7.10. The van der Waals surface area contributed by atoms with Gasteiger partial charge < -0.3 is 15.0 Å². The van der Waals surface area contributed by atoms with Crippen LogP contribution in [0.4, 0.5) is 5.82 Å². The van der Waals surface area contributed by atoms with Gasteiger partial charge in [-0.2, -0.15) is 0 Å². The predicted molar refractivity (Wildman–Crippen MR) is 117 cm³/mol. The van der Waals surface area contributed by atoms with Crippen LogP contribution in [0.1, 0.15) is 42.9 Å². The van der Waals surface area contributed by atoms with Crippen LogP contribution >= 0.6 is 34.7 Å². The molecule has 0 bridgehead atoms. The van der Waals surface area contributed by atoms with Gasteiger partial charge >= 0.3 is 5.97 Å². The van der Waals surface area contributed by atoms with Gasteiger partial charge in [0.25, 0.3) is 0 Å². The van der Waals surface area contributed by atoms with Gasteiger partial charge in [-0.25, -0.2) is 19.7 Å². The summed E-state index contributed by atoms with van der Waals surface area (Å²) >= 11 is 9.10. The maximum absolute atomic E-state index is 11.7. The zero-order valence-corrected chi connectivity index (χ0v) is 18.8. The van der Waals surface area contributed by atoms with Crippen molar-refractivity contribution in [2.75, 3.05) is 18.0 Å². The quantitative estimate of drug-likeness (QED) is 0.518. The SMILES string of the molecule is CCc1[nH]c2nc(Sc3nc(C(=O)O)cs3)nc(N3CCC(C(C)=O)CC3)c2c1Cl. The fourth-order valence-corrected chi connectivity index (χ4v) is 5.57. The number of thiazole rings is 1. The number of anilines is 1. The molecule has 1 fully saturated rings. The Kier molecular flexibility index (Phi) is 5.99. The molecule has 0 atom stereocenters. The van der Waals surface area contributed by atoms with Crippen molar-refractivity contribution in [3.05, 3.63) is 21.8 Å². The number of H-pyrrole nitrogens is 1. The summed E-state index contributed by atoms with van der Waals surface area (Å²) < 4.78 is 0.557. The molecule has 4 heterocycles. The summed E-state index contributed by atoms with van der Waals surface area (Å²) in [5.74, 6) is -0.0116. The molecule has 0 aliphatic carbocycles. The number of hydrogen-bond donors (Lipinski definition) is 2. The first-order valence-electron chi connectivity index (χ1n) is 9.57. The van der Waals surface area contributed by atoms with E-state index in [2.05, 4.69) is 19.9 Å². The summed E-state index contributed by atoms with van der Waals surface area (Å²) in [6, 6.07) is 0. The van der Waals surface area contributed by atoms with Gasteiger partial charge in [-0.05, 0) is 37.9 Å². The second-order valence-corrected chi connectivity index (χ2v) is 9.55. The fraction of sp³-hybridized carbons (Fsp3) is 0.421. The van der Waals surface area contributed by atoms with Gasteiger partial charge in [-0.3, -0.25) is 4.79 Å². The first kappa shape index (κ1) is 21.1. The first-order chi connectivity index (χ1) is 14.4. The van der Waals surface area contributed by atoms with E-state index in [0.717, 1.165) is 36.2 Å². The highest BCUT2D eigenvalue weighted by Gasteiger charge is 2.27. The van der Waals surface area contributed by atoms with E-state index in [0.29, 0.717) is 33.3 Å². The Hall–Kier alpha value is -2.17. The predicted octanol–water partition coefficient (Wildman–Crippen LogP) is 4.29. The Labute approximate surface area is 186 Å². The maximum atomic E-state index is 11.7. The average Bonchev–Trinajstić information content (AvgIpc) is 3.32. The van der Waals surface area contributed by atoms with E-state index in [1.54, 1.807) is 6.92 Å². The van der Waals surface area contributed by atoms with Crippen molar-refractivity contribution in [1.82, 2.24) is 19.9 Å². The number of aromatic nitrogens is 4.